The zero-order valence-corrected chi connectivity index (χ0v) is 10.9. The van der Waals surface area contributed by atoms with Crippen molar-refractivity contribution in [3.05, 3.63) is 0 Å². The smallest absolute Gasteiger partial charge is 0.327 e. The highest BCUT2D eigenvalue weighted by Gasteiger charge is 2.54. The summed E-state index contributed by atoms with van der Waals surface area (Å²) in [5.74, 6) is -1.15. The first-order valence-corrected chi connectivity index (χ1v) is 6.71. The summed E-state index contributed by atoms with van der Waals surface area (Å²) in [6, 6.07) is -1.31. The summed E-state index contributed by atoms with van der Waals surface area (Å²) in [6.07, 6.45) is 2.36. The van der Waals surface area contributed by atoms with E-state index in [1.54, 1.807) is 11.8 Å². The second kappa shape index (κ2) is 4.17. The predicted octanol–water partition coefficient (Wildman–Crippen LogP) is 0.631. The van der Waals surface area contributed by atoms with E-state index >= 15 is 0 Å². The molecule has 0 aromatic rings. The van der Waals surface area contributed by atoms with E-state index in [9.17, 15) is 14.7 Å². The molecule has 0 aromatic heterocycles. The molecule has 2 aliphatic heterocycles. The van der Waals surface area contributed by atoms with Crippen molar-refractivity contribution in [2.24, 2.45) is 5.73 Å². The topological polar surface area (TPSA) is 83.6 Å². The number of nitrogens with two attached hydrogens (primary N) is 1. The fraction of sp³-hybridized carbons (Fsp3) is 0.818. The molecule has 2 heterocycles. The van der Waals surface area contributed by atoms with Crippen molar-refractivity contribution < 1.29 is 14.7 Å². The minimum absolute atomic E-state index is 0.0350. The number of amides is 1. The number of hydrogen-bond donors (Lipinski definition) is 2. The van der Waals surface area contributed by atoms with E-state index in [1.807, 2.05) is 13.8 Å². The third-order valence-corrected chi connectivity index (χ3v) is 5.02. The van der Waals surface area contributed by atoms with Gasteiger partial charge in [-0.3, -0.25) is 4.79 Å². The molecule has 0 bridgehead atoms. The van der Waals surface area contributed by atoms with E-state index in [1.165, 1.54) is 4.90 Å². The van der Waals surface area contributed by atoms with Crippen LogP contribution in [0.3, 0.4) is 0 Å². The molecule has 2 aliphatic rings. The van der Waals surface area contributed by atoms with E-state index < -0.39 is 22.8 Å². The molecule has 1 unspecified atom stereocenters. The highest BCUT2D eigenvalue weighted by Crippen LogP contribution is 2.47. The standard InChI is InChI=1S/C11H18N2O3S/c1-11(2)8(10(15)16)13-7(17-11)5-3-4-6(12)9(13)14/h6-8H,3-5,12H2,1-2H3,(H,15,16)/t6-,7?,8+/m0/s1. The van der Waals surface area contributed by atoms with Gasteiger partial charge >= 0.3 is 5.97 Å². The molecule has 0 spiro atoms. The van der Waals surface area contributed by atoms with Gasteiger partial charge in [-0.05, 0) is 33.1 Å². The molecule has 5 nitrogen and oxygen atoms in total. The number of rotatable bonds is 1. The molecule has 2 saturated heterocycles. The summed E-state index contributed by atoms with van der Waals surface area (Å²) in [5.41, 5.74) is 5.79. The lowest BCUT2D eigenvalue weighted by atomic mass is 10.0. The second-order valence-corrected chi connectivity index (χ2v) is 7.03. The maximum atomic E-state index is 12.2. The molecule has 0 saturated carbocycles. The Morgan fingerprint density at radius 1 is 1.53 bits per heavy atom. The van der Waals surface area contributed by atoms with Gasteiger partial charge in [0.25, 0.3) is 0 Å². The third kappa shape index (κ3) is 2.04. The Morgan fingerprint density at radius 2 is 2.18 bits per heavy atom. The zero-order chi connectivity index (χ0) is 12.8. The van der Waals surface area contributed by atoms with Gasteiger partial charge in [-0.15, -0.1) is 11.8 Å². The van der Waals surface area contributed by atoms with Crippen LogP contribution >= 0.6 is 11.8 Å². The number of fused-ring (bicyclic) bond motifs is 1. The van der Waals surface area contributed by atoms with Crippen LogP contribution in [-0.4, -0.2) is 44.1 Å². The molecule has 0 aromatic carbocycles. The van der Waals surface area contributed by atoms with E-state index in [2.05, 4.69) is 0 Å². The van der Waals surface area contributed by atoms with Crippen LogP contribution in [0.2, 0.25) is 0 Å². The van der Waals surface area contributed by atoms with Gasteiger partial charge in [0.1, 0.15) is 6.04 Å². The summed E-state index contributed by atoms with van der Waals surface area (Å²) in [6.45, 7) is 3.76. The summed E-state index contributed by atoms with van der Waals surface area (Å²) in [7, 11) is 0. The molecule has 96 valence electrons. The Kier molecular flexibility index (Phi) is 3.12. The molecule has 2 fully saturated rings. The highest BCUT2D eigenvalue weighted by atomic mass is 32.2. The van der Waals surface area contributed by atoms with Gasteiger partial charge in [-0.1, -0.05) is 0 Å². The first-order chi connectivity index (χ1) is 7.84. The van der Waals surface area contributed by atoms with Crippen LogP contribution in [0.15, 0.2) is 0 Å². The minimum Gasteiger partial charge on any atom is -0.480 e. The largest absolute Gasteiger partial charge is 0.480 e. The molecule has 0 radical (unpaired) electrons. The van der Waals surface area contributed by atoms with Crippen molar-refractivity contribution in [1.82, 2.24) is 4.90 Å². The van der Waals surface area contributed by atoms with Crippen LogP contribution in [0.25, 0.3) is 0 Å². The van der Waals surface area contributed by atoms with Crippen molar-refractivity contribution >= 4 is 23.6 Å². The van der Waals surface area contributed by atoms with Gasteiger partial charge in [0, 0.05) is 4.75 Å². The van der Waals surface area contributed by atoms with Crippen molar-refractivity contribution in [3.63, 3.8) is 0 Å². The number of carbonyl (C=O) groups excluding carboxylic acids is 1. The van der Waals surface area contributed by atoms with Crippen LogP contribution in [0.5, 0.6) is 0 Å². The fourth-order valence-corrected chi connectivity index (χ4v) is 4.35. The Balaban J connectivity index is 2.37. The molecule has 1 amide bonds. The van der Waals surface area contributed by atoms with E-state index in [0.717, 1.165) is 12.8 Å². The van der Waals surface area contributed by atoms with Crippen LogP contribution in [-0.2, 0) is 9.59 Å². The Hall–Kier alpha value is -0.750. The van der Waals surface area contributed by atoms with E-state index in [-0.39, 0.29) is 11.3 Å². The van der Waals surface area contributed by atoms with Crippen molar-refractivity contribution in [3.8, 4) is 0 Å². The SMILES string of the molecule is CC1(C)SC2CCC[C@H](N)C(=O)N2[C@@H]1C(=O)O. The van der Waals surface area contributed by atoms with Crippen LogP contribution in [0, 0.1) is 0 Å². The third-order valence-electron chi connectivity index (χ3n) is 3.46. The Bertz CT molecular complexity index is 359. The highest BCUT2D eigenvalue weighted by molar-refractivity contribution is 8.01. The van der Waals surface area contributed by atoms with Crippen LogP contribution < -0.4 is 5.73 Å². The molecule has 3 atom stereocenters. The number of carboxylic acid groups (broad SMARTS) is 1. The maximum absolute atomic E-state index is 12.2. The fourth-order valence-electron chi connectivity index (χ4n) is 2.68. The number of nitrogens with zero attached hydrogens (tertiary/aromatic N) is 1. The number of hydrogen-bond acceptors (Lipinski definition) is 4. The van der Waals surface area contributed by atoms with Gasteiger partial charge in [0.05, 0.1) is 11.4 Å². The molecular weight excluding hydrogens is 240 g/mol. The van der Waals surface area contributed by atoms with Crippen molar-refractivity contribution in [2.45, 2.75) is 55.3 Å². The van der Waals surface area contributed by atoms with Crippen LogP contribution in [0.4, 0.5) is 0 Å². The molecule has 17 heavy (non-hydrogen) atoms. The predicted molar refractivity (Wildman–Crippen MR) is 65.6 cm³/mol. The van der Waals surface area contributed by atoms with E-state index in [4.69, 9.17) is 5.73 Å². The lowest BCUT2D eigenvalue weighted by Gasteiger charge is -2.29. The summed E-state index contributed by atoms with van der Waals surface area (Å²) < 4.78 is -0.455. The molecule has 6 heteroatoms. The van der Waals surface area contributed by atoms with Gasteiger partial charge < -0.3 is 15.7 Å². The first-order valence-electron chi connectivity index (χ1n) is 5.83. The zero-order valence-electron chi connectivity index (χ0n) is 10.0. The number of carbonyl (C=O) groups is 2. The van der Waals surface area contributed by atoms with Gasteiger partial charge in [-0.25, -0.2) is 4.79 Å². The maximum Gasteiger partial charge on any atom is 0.327 e. The van der Waals surface area contributed by atoms with Gasteiger partial charge in [0.2, 0.25) is 5.91 Å². The van der Waals surface area contributed by atoms with Gasteiger partial charge in [0.15, 0.2) is 0 Å². The summed E-state index contributed by atoms with van der Waals surface area (Å²) in [5, 5.41) is 9.30. The molecule has 0 aliphatic carbocycles. The average Bonchev–Trinajstić information content (AvgIpc) is 2.40. The van der Waals surface area contributed by atoms with E-state index in [0.29, 0.717) is 6.42 Å². The Morgan fingerprint density at radius 3 is 2.76 bits per heavy atom. The number of thioether (sulfide) groups is 1. The second-order valence-electron chi connectivity index (χ2n) is 5.20. The lowest BCUT2D eigenvalue weighted by Crippen LogP contribution is -2.54. The summed E-state index contributed by atoms with van der Waals surface area (Å²) in [4.78, 5) is 25.0. The first kappa shape index (κ1) is 12.7. The monoisotopic (exact) mass is 258 g/mol. The summed E-state index contributed by atoms with van der Waals surface area (Å²) >= 11 is 1.58. The normalized spacial score (nSPS) is 36.5. The van der Waals surface area contributed by atoms with Crippen LogP contribution in [0.1, 0.15) is 33.1 Å². The number of carboxylic acids is 1. The number of aliphatic carboxylic acids is 1. The lowest BCUT2D eigenvalue weighted by molar-refractivity contribution is -0.151. The molecule has 3 N–H and O–H groups in total. The Labute approximate surface area is 105 Å². The molecule has 2 rings (SSSR count). The average molecular weight is 258 g/mol. The quantitative estimate of drug-likeness (QED) is 0.720. The molecular formula is C11H18N2O3S. The minimum atomic E-state index is -0.938. The van der Waals surface area contributed by atoms with Gasteiger partial charge in [-0.2, -0.15) is 0 Å². The van der Waals surface area contributed by atoms with Crippen molar-refractivity contribution in [2.75, 3.05) is 0 Å². The van der Waals surface area contributed by atoms with Crippen molar-refractivity contribution in [1.29, 1.82) is 0 Å².